The lowest BCUT2D eigenvalue weighted by Gasteiger charge is -2.18. The normalized spacial score (nSPS) is 12.6. The zero-order valence-electron chi connectivity index (χ0n) is 9.61. The van der Waals surface area contributed by atoms with E-state index in [0.717, 1.165) is 6.42 Å². The molecule has 1 atom stereocenters. The van der Waals surface area contributed by atoms with E-state index in [1.807, 2.05) is 0 Å². The van der Waals surface area contributed by atoms with Crippen LogP contribution >= 0.6 is 33.9 Å². The third-order valence-electron chi connectivity index (χ3n) is 2.82. The minimum Gasteiger partial charge on any atom is -0.271 e. The smallest absolute Gasteiger partial charge is 0.0511 e. The van der Waals surface area contributed by atoms with Gasteiger partial charge >= 0.3 is 0 Å². The minimum absolute atomic E-state index is 0.177. The van der Waals surface area contributed by atoms with Crippen LogP contribution in [0.3, 0.4) is 0 Å². The molecular weight excluding hydrogens is 343 g/mol. The van der Waals surface area contributed by atoms with Gasteiger partial charge in [-0.1, -0.05) is 18.2 Å². The van der Waals surface area contributed by atoms with Crippen molar-refractivity contribution in [1.29, 1.82) is 0 Å². The van der Waals surface area contributed by atoms with Gasteiger partial charge in [0.2, 0.25) is 0 Å². The van der Waals surface area contributed by atoms with E-state index >= 15 is 0 Å². The van der Waals surface area contributed by atoms with Gasteiger partial charge in [-0.3, -0.25) is 11.3 Å². The Labute approximate surface area is 119 Å². The van der Waals surface area contributed by atoms with Crippen molar-refractivity contribution in [1.82, 2.24) is 5.43 Å². The highest BCUT2D eigenvalue weighted by Gasteiger charge is 2.14. The zero-order valence-corrected chi connectivity index (χ0v) is 12.6. The molecule has 0 amide bonds. The number of rotatable bonds is 4. The van der Waals surface area contributed by atoms with E-state index < -0.39 is 0 Å². The van der Waals surface area contributed by atoms with Gasteiger partial charge in [-0.05, 0) is 69.5 Å². The topological polar surface area (TPSA) is 38.0 Å². The summed E-state index contributed by atoms with van der Waals surface area (Å²) in [6, 6.07) is 8.69. The SMILES string of the molecule is Cc1cccc(C(Cc2ccsc2)NN)c1I. The molecule has 90 valence electrons. The second-order valence-electron chi connectivity index (χ2n) is 4.03. The number of nitrogens with one attached hydrogen (secondary N) is 1. The minimum atomic E-state index is 0.177. The van der Waals surface area contributed by atoms with Crippen molar-refractivity contribution < 1.29 is 0 Å². The van der Waals surface area contributed by atoms with Crippen LogP contribution in [-0.2, 0) is 6.42 Å². The summed E-state index contributed by atoms with van der Waals surface area (Å²) in [6.07, 6.45) is 0.930. The quantitative estimate of drug-likeness (QED) is 0.499. The fourth-order valence-corrected chi connectivity index (χ4v) is 3.26. The molecule has 0 fully saturated rings. The molecule has 0 saturated heterocycles. The summed E-state index contributed by atoms with van der Waals surface area (Å²) in [6.45, 7) is 2.13. The maximum Gasteiger partial charge on any atom is 0.0511 e. The lowest BCUT2D eigenvalue weighted by molar-refractivity contribution is 0.550. The molecule has 0 aliphatic carbocycles. The largest absolute Gasteiger partial charge is 0.271 e. The Morgan fingerprint density at radius 3 is 2.88 bits per heavy atom. The fourth-order valence-electron chi connectivity index (χ4n) is 1.84. The van der Waals surface area contributed by atoms with E-state index in [9.17, 15) is 0 Å². The summed E-state index contributed by atoms with van der Waals surface area (Å²) in [5.41, 5.74) is 6.83. The zero-order chi connectivity index (χ0) is 12.3. The summed E-state index contributed by atoms with van der Waals surface area (Å²) in [7, 11) is 0. The van der Waals surface area contributed by atoms with Gasteiger partial charge in [-0.15, -0.1) is 0 Å². The fraction of sp³-hybridized carbons (Fsp3) is 0.231. The van der Waals surface area contributed by atoms with E-state index in [1.165, 1.54) is 20.3 Å². The van der Waals surface area contributed by atoms with Crippen molar-refractivity contribution in [2.75, 3.05) is 0 Å². The second-order valence-corrected chi connectivity index (χ2v) is 5.89. The monoisotopic (exact) mass is 358 g/mol. The summed E-state index contributed by atoms with van der Waals surface area (Å²) in [5, 5.41) is 4.27. The molecule has 0 aliphatic rings. The Morgan fingerprint density at radius 1 is 1.41 bits per heavy atom. The van der Waals surface area contributed by atoms with Crippen molar-refractivity contribution in [3.63, 3.8) is 0 Å². The summed E-state index contributed by atoms with van der Waals surface area (Å²) in [4.78, 5) is 0. The van der Waals surface area contributed by atoms with E-state index in [0.29, 0.717) is 0 Å². The Kier molecular flexibility index (Phi) is 4.55. The van der Waals surface area contributed by atoms with Crippen molar-refractivity contribution in [2.24, 2.45) is 5.84 Å². The van der Waals surface area contributed by atoms with Crippen LogP contribution in [0, 0.1) is 10.5 Å². The summed E-state index contributed by atoms with van der Waals surface area (Å²) in [5.74, 6) is 5.69. The van der Waals surface area contributed by atoms with Crippen LogP contribution in [0.25, 0.3) is 0 Å². The molecule has 4 heteroatoms. The average Bonchev–Trinajstić information content (AvgIpc) is 2.83. The van der Waals surface area contributed by atoms with Crippen LogP contribution in [0.15, 0.2) is 35.0 Å². The Balaban J connectivity index is 2.26. The third kappa shape index (κ3) is 3.07. The van der Waals surface area contributed by atoms with Crippen LogP contribution in [0.5, 0.6) is 0 Å². The van der Waals surface area contributed by atoms with Crippen LogP contribution in [0.4, 0.5) is 0 Å². The molecule has 0 saturated carbocycles. The number of aryl methyl sites for hydroxylation is 1. The molecule has 2 aromatic rings. The van der Waals surface area contributed by atoms with Crippen molar-refractivity contribution >= 4 is 33.9 Å². The van der Waals surface area contributed by atoms with Gasteiger partial charge in [0.25, 0.3) is 0 Å². The Bertz CT molecular complexity index is 482. The first-order valence-corrected chi connectivity index (χ1v) is 7.46. The number of nitrogens with two attached hydrogens (primary N) is 1. The maximum atomic E-state index is 5.69. The predicted molar refractivity (Wildman–Crippen MR) is 82.0 cm³/mol. The molecule has 1 aromatic carbocycles. The van der Waals surface area contributed by atoms with Crippen molar-refractivity contribution in [3.05, 3.63) is 55.3 Å². The highest BCUT2D eigenvalue weighted by atomic mass is 127. The molecule has 0 bridgehead atoms. The first kappa shape index (κ1) is 13.0. The van der Waals surface area contributed by atoms with Gasteiger partial charge in [-0.2, -0.15) is 11.3 Å². The van der Waals surface area contributed by atoms with Gasteiger partial charge in [-0.25, -0.2) is 0 Å². The molecule has 1 aromatic heterocycles. The molecule has 0 aliphatic heterocycles. The summed E-state index contributed by atoms with van der Waals surface area (Å²) < 4.78 is 1.29. The first-order valence-electron chi connectivity index (χ1n) is 5.44. The Morgan fingerprint density at radius 2 is 2.24 bits per heavy atom. The van der Waals surface area contributed by atoms with Gasteiger partial charge in [0, 0.05) is 3.57 Å². The number of hydrogen-bond donors (Lipinski definition) is 2. The van der Waals surface area contributed by atoms with Crippen LogP contribution in [0.1, 0.15) is 22.7 Å². The van der Waals surface area contributed by atoms with E-state index in [4.69, 9.17) is 5.84 Å². The van der Waals surface area contributed by atoms with Crippen LogP contribution in [-0.4, -0.2) is 0 Å². The van der Waals surface area contributed by atoms with Crippen LogP contribution < -0.4 is 11.3 Å². The molecule has 2 rings (SSSR count). The number of thiophene rings is 1. The van der Waals surface area contributed by atoms with E-state index in [2.05, 4.69) is 70.0 Å². The Hall–Kier alpha value is -0.430. The highest BCUT2D eigenvalue weighted by molar-refractivity contribution is 14.1. The second kappa shape index (κ2) is 5.95. The predicted octanol–water partition coefficient (Wildman–Crippen LogP) is 3.41. The van der Waals surface area contributed by atoms with Gasteiger partial charge in [0.1, 0.15) is 0 Å². The maximum absolute atomic E-state index is 5.69. The third-order valence-corrected chi connectivity index (χ3v) is 5.02. The van der Waals surface area contributed by atoms with Crippen molar-refractivity contribution in [2.45, 2.75) is 19.4 Å². The molecular formula is C13H15IN2S. The first-order chi connectivity index (χ1) is 8.22. The molecule has 0 radical (unpaired) electrons. The summed E-state index contributed by atoms with van der Waals surface area (Å²) >= 11 is 4.12. The average molecular weight is 358 g/mol. The number of benzene rings is 1. The standard InChI is InChI=1S/C13H15IN2S/c1-9-3-2-4-11(13(9)14)12(16-15)7-10-5-6-17-8-10/h2-6,8,12,16H,7,15H2,1H3. The molecule has 0 spiro atoms. The highest BCUT2D eigenvalue weighted by Crippen LogP contribution is 2.25. The molecule has 2 nitrogen and oxygen atoms in total. The molecule has 1 heterocycles. The van der Waals surface area contributed by atoms with Gasteiger partial charge < -0.3 is 0 Å². The van der Waals surface area contributed by atoms with Crippen molar-refractivity contribution in [3.8, 4) is 0 Å². The number of hydrazine groups is 1. The number of halogens is 1. The van der Waals surface area contributed by atoms with E-state index in [-0.39, 0.29) is 6.04 Å². The molecule has 17 heavy (non-hydrogen) atoms. The molecule has 1 unspecified atom stereocenters. The van der Waals surface area contributed by atoms with E-state index in [1.54, 1.807) is 11.3 Å². The van der Waals surface area contributed by atoms with Crippen LogP contribution in [0.2, 0.25) is 0 Å². The number of hydrogen-bond acceptors (Lipinski definition) is 3. The lowest BCUT2D eigenvalue weighted by Crippen LogP contribution is -2.30. The molecule has 3 N–H and O–H groups in total. The van der Waals surface area contributed by atoms with Gasteiger partial charge in [0.15, 0.2) is 0 Å². The van der Waals surface area contributed by atoms with Gasteiger partial charge in [0.05, 0.1) is 6.04 Å². The lowest BCUT2D eigenvalue weighted by atomic mass is 9.99.